The van der Waals surface area contributed by atoms with Crippen LogP contribution in [0.3, 0.4) is 0 Å². The van der Waals surface area contributed by atoms with Gasteiger partial charge in [0.1, 0.15) is 12.4 Å². The molecule has 0 bridgehead atoms. The number of benzene rings is 2. The first-order valence-corrected chi connectivity index (χ1v) is 11.1. The van der Waals surface area contributed by atoms with Crippen LogP contribution in [0.5, 0.6) is 0 Å². The highest BCUT2D eigenvalue weighted by Gasteiger charge is 2.25. The lowest BCUT2D eigenvalue weighted by atomic mass is 10.1. The Bertz CT molecular complexity index is 1030. The second kappa shape index (κ2) is 10.4. The molecule has 3 aromatic rings. The molecule has 0 fully saturated rings. The average molecular weight is 439 g/mol. The first-order chi connectivity index (χ1) is 14.8. The van der Waals surface area contributed by atoms with Gasteiger partial charge < -0.3 is 9.80 Å². The number of aryl methyl sites for hydroxylation is 1. The van der Waals surface area contributed by atoms with E-state index in [0.717, 1.165) is 16.0 Å². The Morgan fingerprint density at radius 1 is 1.00 bits per heavy atom. The number of halogens is 1. The summed E-state index contributed by atoms with van der Waals surface area (Å²) in [4.78, 5) is 30.8. The van der Waals surface area contributed by atoms with Crippen LogP contribution in [-0.2, 0) is 17.9 Å². The van der Waals surface area contributed by atoms with Crippen molar-refractivity contribution in [3.63, 3.8) is 0 Å². The van der Waals surface area contributed by atoms with Crippen LogP contribution in [0.4, 0.5) is 4.39 Å². The minimum Gasteiger partial charge on any atom is -0.332 e. The molecule has 0 saturated heterocycles. The highest BCUT2D eigenvalue weighted by Crippen LogP contribution is 2.20. The minimum atomic E-state index is -0.472. The molecule has 0 N–H and O–H groups in total. The first kappa shape index (κ1) is 22.7. The van der Waals surface area contributed by atoms with Crippen LogP contribution in [0.2, 0.25) is 0 Å². The fraction of sp³-hybridized carbons (Fsp3) is 0.280. The van der Waals surface area contributed by atoms with Crippen molar-refractivity contribution in [1.29, 1.82) is 0 Å². The molecule has 0 unspecified atom stereocenters. The number of thiophene rings is 1. The molecule has 1 heterocycles. The van der Waals surface area contributed by atoms with E-state index in [4.69, 9.17) is 0 Å². The van der Waals surface area contributed by atoms with Crippen molar-refractivity contribution < 1.29 is 14.0 Å². The van der Waals surface area contributed by atoms with Gasteiger partial charge in [-0.25, -0.2) is 4.39 Å². The molecule has 31 heavy (non-hydrogen) atoms. The van der Waals surface area contributed by atoms with Crippen LogP contribution in [0, 0.1) is 12.7 Å². The molecule has 2 aromatic carbocycles. The van der Waals surface area contributed by atoms with Gasteiger partial charge in [-0.3, -0.25) is 9.59 Å². The zero-order valence-corrected chi connectivity index (χ0v) is 18.9. The normalized spacial score (nSPS) is 10.9. The van der Waals surface area contributed by atoms with Gasteiger partial charge in [-0.15, -0.1) is 11.3 Å². The summed E-state index contributed by atoms with van der Waals surface area (Å²) < 4.78 is 13.6. The SMILES string of the molecule is Cc1ccsc1CN(Cc1ccccc1)C(=O)CN(C(=O)c1cccc(F)c1)C(C)C. The Kier molecular flexibility index (Phi) is 7.58. The molecular formula is C25H27FN2O2S. The summed E-state index contributed by atoms with van der Waals surface area (Å²) in [5, 5.41) is 2.02. The van der Waals surface area contributed by atoms with Crippen molar-refractivity contribution in [1.82, 2.24) is 9.80 Å². The maximum absolute atomic E-state index is 13.6. The molecule has 0 atom stereocenters. The van der Waals surface area contributed by atoms with Gasteiger partial charge in [-0.2, -0.15) is 0 Å². The number of carbonyl (C=O) groups excluding carboxylic acids is 2. The van der Waals surface area contributed by atoms with Crippen LogP contribution >= 0.6 is 11.3 Å². The summed E-state index contributed by atoms with van der Waals surface area (Å²) in [6.45, 7) is 6.62. The van der Waals surface area contributed by atoms with Gasteiger partial charge in [0.2, 0.25) is 5.91 Å². The first-order valence-electron chi connectivity index (χ1n) is 10.3. The van der Waals surface area contributed by atoms with Gasteiger partial charge in [-0.05, 0) is 61.5 Å². The number of hydrogen-bond donors (Lipinski definition) is 0. The van der Waals surface area contributed by atoms with Crippen molar-refractivity contribution in [2.45, 2.75) is 39.9 Å². The number of carbonyl (C=O) groups is 2. The van der Waals surface area contributed by atoms with Gasteiger partial charge in [0.05, 0.1) is 6.54 Å². The molecule has 3 rings (SSSR count). The summed E-state index contributed by atoms with van der Waals surface area (Å²) in [5.74, 6) is -0.968. The fourth-order valence-corrected chi connectivity index (χ4v) is 4.22. The van der Waals surface area contributed by atoms with E-state index in [-0.39, 0.29) is 30.0 Å². The van der Waals surface area contributed by atoms with Crippen molar-refractivity contribution in [2.75, 3.05) is 6.54 Å². The quantitative estimate of drug-likeness (QED) is 0.480. The highest BCUT2D eigenvalue weighted by molar-refractivity contribution is 7.10. The number of rotatable bonds is 8. The monoisotopic (exact) mass is 438 g/mol. The predicted octanol–water partition coefficient (Wildman–Crippen LogP) is 5.28. The highest BCUT2D eigenvalue weighted by atomic mass is 32.1. The lowest BCUT2D eigenvalue weighted by Gasteiger charge is -2.30. The lowest BCUT2D eigenvalue weighted by Crippen LogP contribution is -2.45. The van der Waals surface area contributed by atoms with Crippen molar-refractivity contribution in [2.24, 2.45) is 0 Å². The Morgan fingerprint density at radius 2 is 1.74 bits per heavy atom. The Labute approximate surface area is 186 Å². The number of amides is 2. The molecule has 6 heteroatoms. The lowest BCUT2D eigenvalue weighted by molar-refractivity contribution is -0.133. The second-order valence-electron chi connectivity index (χ2n) is 7.80. The van der Waals surface area contributed by atoms with E-state index in [1.165, 1.54) is 23.1 Å². The smallest absolute Gasteiger partial charge is 0.254 e. The molecule has 0 aliphatic carbocycles. The third kappa shape index (κ3) is 6.01. The molecular weight excluding hydrogens is 411 g/mol. The summed E-state index contributed by atoms with van der Waals surface area (Å²) in [6.07, 6.45) is 0. The van der Waals surface area contributed by atoms with Crippen LogP contribution in [0.15, 0.2) is 66.0 Å². The van der Waals surface area contributed by atoms with E-state index in [2.05, 4.69) is 0 Å². The van der Waals surface area contributed by atoms with E-state index < -0.39 is 5.82 Å². The zero-order valence-electron chi connectivity index (χ0n) is 18.0. The summed E-state index contributed by atoms with van der Waals surface area (Å²) in [7, 11) is 0. The van der Waals surface area contributed by atoms with Gasteiger partial charge in [0.15, 0.2) is 0 Å². The molecule has 0 radical (unpaired) electrons. The zero-order chi connectivity index (χ0) is 22.4. The molecule has 2 amide bonds. The molecule has 162 valence electrons. The minimum absolute atomic E-state index is 0.0652. The summed E-state index contributed by atoms with van der Waals surface area (Å²) in [6, 6.07) is 17.2. The Morgan fingerprint density at radius 3 is 2.35 bits per heavy atom. The van der Waals surface area contributed by atoms with E-state index >= 15 is 0 Å². The van der Waals surface area contributed by atoms with Crippen LogP contribution in [0.1, 0.15) is 40.2 Å². The van der Waals surface area contributed by atoms with Crippen molar-refractivity contribution in [3.8, 4) is 0 Å². The van der Waals surface area contributed by atoms with E-state index in [0.29, 0.717) is 13.1 Å². The Hall–Kier alpha value is -2.99. The molecule has 0 aliphatic heterocycles. The molecule has 0 spiro atoms. The third-order valence-electron chi connectivity index (χ3n) is 5.13. The van der Waals surface area contributed by atoms with Crippen molar-refractivity contribution in [3.05, 3.63) is 93.4 Å². The average Bonchev–Trinajstić information content (AvgIpc) is 3.16. The second-order valence-corrected chi connectivity index (χ2v) is 8.80. The molecule has 4 nitrogen and oxygen atoms in total. The standard InChI is InChI=1S/C25H27FN2O2S/c1-18(2)28(25(30)21-10-7-11-22(26)14-21)17-24(29)27(15-20-8-5-4-6-9-20)16-23-19(3)12-13-31-23/h4-14,18H,15-17H2,1-3H3. The van der Waals surface area contributed by atoms with Gasteiger partial charge in [0, 0.05) is 23.0 Å². The van der Waals surface area contributed by atoms with Gasteiger partial charge >= 0.3 is 0 Å². The van der Waals surface area contributed by atoms with Gasteiger partial charge in [-0.1, -0.05) is 36.4 Å². The van der Waals surface area contributed by atoms with Gasteiger partial charge in [0.25, 0.3) is 5.91 Å². The Balaban J connectivity index is 1.82. The van der Waals surface area contributed by atoms with Crippen LogP contribution in [0.25, 0.3) is 0 Å². The topological polar surface area (TPSA) is 40.6 Å². The number of nitrogens with zero attached hydrogens (tertiary/aromatic N) is 2. The summed E-state index contributed by atoms with van der Waals surface area (Å²) in [5.41, 5.74) is 2.41. The van der Waals surface area contributed by atoms with E-state index in [1.807, 2.05) is 62.5 Å². The van der Waals surface area contributed by atoms with Crippen LogP contribution < -0.4 is 0 Å². The fourth-order valence-electron chi connectivity index (χ4n) is 3.30. The van der Waals surface area contributed by atoms with Crippen molar-refractivity contribution >= 4 is 23.2 Å². The molecule has 0 saturated carbocycles. The maximum atomic E-state index is 13.6. The summed E-state index contributed by atoms with van der Waals surface area (Å²) >= 11 is 1.62. The van der Waals surface area contributed by atoms with E-state index in [9.17, 15) is 14.0 Å². The van der Waals surface area contributed by atoms with E-state index in [1.54, 1.807) is 22.3 Å². The van der Waals surface area contributed by atoms with Crippen LogP contribution in [-0.4, -0.2) is 34.2 Å². The molecule has 0 aliphatic rings. The third-order valence-corrected chi connectivity index (χ3v) is 6.14. The number of hydrogen-bond acceptors (Lipinski definition) is 3. The largest absolute Gasteiger partial charge is 0.332 e. The predicted molar refractivity (Wildman–Crippen MR) is 122 cm³/mol. The maximum Gasteiger partial charge on any atom is 0.254 e. The molecule has 1 aromatic heterocycles.